The summed E-state index contributed by atoms with van der Waals surface area (Å²) in [6, 6.07) is 3.04. The van der Waals surface area contributed by atoms with Crippen molar-refractivity contribution < 1.29 is 0 Å². The van der Waals surface area contributed by atoms with Crippen molar-refractivity contribution in [3.8, 4) is 6.07 Å². The van der Waals surface area contributed by atoms with Gasteiger partial charge in [0, 0.05) is 12.5 Å². The van der Waals surface area contributed by atoms with Crippen LogP contribution in [0.5, 0.6) is 0 Å². The van der Waals surface area contributed by atoms with Gasteiger partial charge in [0.15, 0.2) is 0 Å². The van der Waals surface area contributed by atoms with E-state index in [1.807, 2.05) is 0 Å². The van der Waals surface area contributed by atoms with E-state index < -0.39 is 0 Å². The van der Waals surface area contributed by atoms with Gasteiger partial charge in [-0.05, 0) is 70.6 Å². The van der Waals surface area contributed by atoms with Crippen LogP contribution in [-0.4, -0.2) is 37.1 Å². The maximum Gasteiger partial charge on any atom is 0.0621 e. The highest BCUT2D eigenvalue weighted by Gasteiger charge is 2.27. The Morgan fingerprint density at radius 2 is 2.00 bits per heavy atom. The molecular formula is C14H25N3. The molecule has 17 heavy (non-hydrogen) atoms. The van der Waals surface area contributed by atoms with Crippen LogP contribution < -0.4 is 5.32 Å². The average molecular weight is 235 g/mol. The predicted octanol–water partition coefficient (Wildman–Crippen LogP) is 2.14. The smallest absolute Gasteiger partial charge is 0.0621 e. The summed E-state index contributed by atoms with van der Waals surface area (Å²) in [5, 5.41) is 12.1. The Morgan fingerprint density at radius 3 is 2.65 bits per heavy atom. The molecule has 1 N–H and O–H groups in total. The van der Waals surface area contributed by atoms with E-state index in [-0.39, 0.29) is 0 Å². The molecule has 0 aromatic rings. The van der Waals surface area contributed by atoms with Crippen molar-refractivity contribution in [2.24, 2.45) is 5.92 Å². The Labute approximate surface area is 105 Å². The summed E-state index contributed by atoms with van der Waals surface area (Å²) >= 11 is 0. The minimum absolute atomic E-state index is 0.725. The second-order valence-electron chi connectivity index (χ2n) is 5.50. The molecule has 2 heterocycles. The molecule has 3 heteroatoms. The SMILES string of the molecule is N#CCCCCN1CCC(C2CCCN2)CC1. The summed E-state index contributed by atoms with van der Waals surface area (Å²) in [4.78, 5) is 2.59. The molecule has 2 fully saturated rings. The van der Waals surface area contributed by atoms with Gasteiger partial charge in [0.25, 0.3) is 0 Å². The molecule has 0 radical (unpaired) electrons. The first-order valence-electron chi connectivity index (χ1n) is 7.23. The first kappa shape index (κ1) is 12.9. The maximum absolute atomic E-state index is 8.49. The van der Waals surface area contributed by atoms with E-state index in [1.54, 1.807) is 0 Å². The molecule has 0 spiro atoms. The molecule has 0 aromatic heterocycles. The number of rotatable bonds is 5. The molecule has 3 nitrogen and oxygen atoms in total. The summed E-state index contributed by atoms with van der Waals surface area (Å²) in [6.07, 6.45) is 8.50. The fraction of sp³-hybridized carbons (Fsp3) is 0.929. The lowest BCUT2D eigenvalue weighted by Gasteiger charge is -2.34. The number of hydrogen-bond acceptors (Lipinski definition) is 3. The third-order valence-corrected chi connectivity index (χ3v) is 4.31. The van der Waals surface area contributed by atoms with Gasteiger partial charge < -0.3 is 10.2 Å². The third-order valence-electron chi connectivity index (χ3n) is 4.31. The second kappa shape index (κ2) is 6.98. The monoisotopic (exact) mass is 235 g/mol. The third kappa shape index (κ3) is 3.97. The van der Waals surface area contributed by atoms with E-state index in [1.165, 1.54) is 58.3 Å². The van der Waals surface area contributed by atoms with Crippen LogP contribution >= 0.6 is 0 Å². The van der Waals surface area contributed by atoms with Crippen molar-refractivity contribution in [2.45, 2.75) is 51.0 Å². The number of nitriles is 1. The molecule has 96 valence electrons. The van der Waals surface area contributed by atoms with Crippen molar-refractivity contribution in [3.63, 3.8) is 0 Å². The van der Waals surface area contributed by atoms with Crippen LogP contribution in [-0.2, 0) is 0 Å². The molecular weight excluding hydrogens is 210 g/mol. The van der Waals surface area contributed by atoms with Gasteiger partial charge in [-0.2, -0.15) is 5.26 Å². The number of unbranched alkanes of at least 4 members (excludes halogenated alkanes) is 2. The van der Waals surface area contributed by atoms with E-state index in [0.29, 0.717) is 0 Å². The average Bonchev–Trinajstić information content (AvgIpc) is 2.89. The molecule has 1 unspecified atom stereocenters. The van der Waals surface area contributed by atoms with E-state index in [0.717, 1.165) is 24.8 Å². The van der Waals surface area contributed by atoms with Crippen molar-refractivity contribution >= 4 is 0 Å². The molecule has 2 aliphatic rings. The van der Waals surface area contributed by atoms with Gasteiger partial charge in [0.1, 0.15) is 0 Å². The number of nitrogens with zero attached hydrogens (tertiary/aromatic N) is 2. The summed E-state index contributed by atoms with van der Waals surface area (Å²) < 4.78 is 0. The van der Waals surface area contributed by atoms with Crippen LogP contribution in [0, 0.1) is 17.2 Å². The normalized spacial score (nSPS) is 27.1. The van der Waals surface area contributed by atoms with Crippen molar-refractivity contribution in [2.75, 3.05) is 26.2 Å². The van der Waals surface area contributed by atoms with Crippen LogP contribution in [0.15, 0.2) is 0 Å². The zero-order valence-electron chi connectivity index (χ0n) is 10.8. The summed E-state index contributed by atoms with van der Waals surface area (Å²) in [5.41, 5.74) is 0. The van der Waals surface area contributed by atoms with E-state index >= 15 is 0 Å². The lowest BCUT2D eigenvalue weighted by molar-refractivity contribution is 0.161. The highest BCUT2D eigenvalue weighted by atomic mass is 15.1. The Balaban J connectivity index is 1.59. The molecule has 0 aromatic carbocycles. The van der Waals surface area contributed by atoms with Crippen LogP contribution in [0.1, 0.15) is 44.9 Å². The lowest BCUT2D eigenvalue weighted by Crippen LogP contribution is -2.41. The summed E-state index contributed by atoms with van der Waals surface area (Å²) in [7, 11) is 0. The Kier molecular flexibility index (Phi) is 5.28. The highest BCUT2D eigenvalue weighted by Crippen LogP contribution is 2.25. The molecule has 2 saturated heterocycles. The highest BCUT2D eigenvalue weighted by molar-refractivity contribution is 4.85. The quantitative estimate of drug-likeness (QED) is 0.742. The molecule has 0 saturated carbocycles. The van der Waals surface area contributed by atoms with Crippen molar-refractivity contribution in [3.05, 3.63) is 0 Å². The lowest BCUT2D eigenvalue weighted by atomic mass is 9.88. The van der Waals surface area contributed by atoms with E-state index in [9.17, 15) is 0 Å². The second-order valence-corrected chi connectivity index (χ2v) is 5.50. The van der Waals surface area contributed by atoms with Crippen molar-refractivity contribution in [1.82, 2.24) is 10.2 Å². The van der Waals surface area contributed by atoms with E-state index in [4.69, 9.17) is 5.26 Å². The predicted molar refractivity (Wildman–Crippen MR) is 69.7 cm³/mol. The number of piperidine rings is 1. The minimum Gasteiger partial charge on any atom is -0.314 e. The van der Waals surface area contributed by atoms with Crippen LogP contribution in [0.2, 0.25) is 0 Å². The summed E-state index contributed by atoms with van der Waals surface area (Å²) in [6.45, 7) is 4.98. The first-order chi connectivity index (χ1) is 8.40. The maximum atomic E-state index is 8.49. The van der Waals surface area contributed by atoms with Gasteiger partial charge in [0.2, 0.25) is 0 Å². The van der Waals surface area contributed by atoms with Crippen LogP contribution in [0.3, 0.4) is 0 Å². The molecule has 2 aliphatic heterocycles. The molecule has 0 bridgehead atoms. The zero-order chi connectivity index (χ0) is 11.9. The molecule has 0 amide bonds. The number of likely N-dealkylation sites (tertiary alicyclic amines) is 1. The summed E-state index contributed by atoms with van der Waals surface area (Å²) in [5.74, 6) is 0.924. The minimum atomic E-state index is 0.725. The topological polar surface area (TPSA) is 39.1 Å². The molecule has 0 aliphatic carbocycles. The molecule has 2 rings (SSSR count). The van der Waals surface area contributed by atoms with E-state index in [2.05, 4.69) is 16.3 Å². The van der Waals surface area contributed by atoms with Crippen molar-refractivity contribution in [1.29, 1.82) is 5.26 Å². The standard InChI is InChI=1S/C14H25N3/c15-8-2-1-3-10-17-11-6-13(7-12-17)14-5-4-9-16-14/h13-14,16H,1-7,9-12H2. The van der Waals surface area contributed by atoms with Gasteiger partial charge in [-0.15, -0.1) is 0 Å². The Bertz CT molecular complexity index is 245. The van der Waals surface area contributed by atoms with Gasteiger partial charge >= 0.3 is 0 Å². The van der Waals surface area contributed by atoms with Crippen LogP contribution in [0.4, 0.5) is 0 Å². The number of nitrogens with one attached hydrogen (secondary N) is 1. The fourth-order valence-electron chi connectivity index (χ4n) is 3.23. The van der Waals surface area contributed by atoms with Gasteiger partial charge in [-0.3, -0.25) is 0 Å². The largest absolute Gasteiger partial charge is 0.314 e. The molecule has 1 atom stereocenters. The fourth-order valence-corrected chi connectivity index (χ4v) is 3.23. The first-order valence-corrected chi connectivity index (χ1v) is 7.23. The Morgan fingerprint density at radius 1 is 1.18 bits per heavy atom. The van der Waals surface area contributed by atoms with Gasteiger partial charge in [-0.1, -0.05) is 0 Å². The Hall–Kier alpha value is -0.590. The zero-order valence-corrected chi connectivity index (χ0v) is 10.8. The van der Waals surface area contributed by atoms with Gasteiger partial charge in [0.05, 0.1) is 6.07 Å². The van der Waals surface area contributed by atoms with Gasteiger partial charge in [-0.25, -0.2) is 0 Å². The number of hydrogen-bond donors (Lipinski definition) is 1. The van der Waals surface area contributed by atoms with Crippen LogP contribution in [0.25, 0.3) is 0 Å².